The van der Waals surface area contributed by atoms with E-state index in [2.05, 4.69) is 11.0 Å². The van der Waals surface area contributed by atoms with E-state index >= 15 is 0 Å². The Kier molecular flexibility index (Phi) is 7.04. The maximum Gasteiger partial charge on any atom is 0.239 e. The summed E-state index contributed by atoms with van der Waals surface area (Å²) < 4.78 is 0. The Balaban J connectivity index is 1.80. The molecule has 6 nitrogen and oxygen atoms in total. The van der Waals surface area contributed by atoms with Crippen molar-refractivity contribution in [3.05, 3.63) is 0 Å². The molecular weight excluding hydrogens is 304 g/mol. The fourth-order valence-electron chi connectivity index (χ4n) is 3.74. The Hall–Kier alpha value is -1.61. The molecule has 2 aliphatic rings. The van der Waals surface area contributed by atoms with Crippen molar-refractivity contribution in [2.24, 2.45) is 5.92 Å². The minimum atomic E-state index is -0.194. The Bertz CT molecular complexity index is 474. The van der Waals surface area contributed by atoms with E-state index in [1.54, 1.807) is 11.9 Å². The van der Waals surface area contributed by atoms with Crippen molar-refractivity contribution in [3.8, 4) is 6.07 Å². The van der Waals surface area contributed by atoms with Crippen molar-refractivity contribution >= 4 is 11.8 Å². The molecule has 0 unspecified atom stereocenters. The highest BCUT2D eigenvalue weighted by Gasteiger charge is 2.31. The molecule has 1 atom stereocenters. The van der Waals surface area contributed by atoms with Crippen LogP contribution in [0, 0.1) is 17.2 Å². The molecule has 1 aliphatic carbocycles. The second-order valence-corrected chi connectivity index (χ2v) is 7.04. The van der Waals surface area contributed by atoms with E-state index in [9.17, 15) is 9.59 Å². The molecule has 2 fully saturated rings. The smallest absolute Gasteiger partial charge is 0.239 e. The number of hydrogen-bond donors (Lipinski definition) is 0. The molecule has 0 aromatic carbocycles. The summed E-state index contributed by atoms with van der Waals surface area (Å²) in [7, 11) is 1.75. The minimum Gasteiger partial charge on any atom is -0.343 e. The van der Waals surface area contributed by atoms with Crippen LogP contribution in [-0.4, -0.2) is 72.3 Å². The molecule has 0 radical (unpaired) electrons. The van der Waals surface area contributed by atoms with Gasteiger partial charge in [-0.1, -0.05) is 19.3 Å². The molecule has 0 N–H and O–H groups in total. The lowest BCUT2D eigenvalue weighted by Gasteiger charge is -2.39. The van der Waals surface area contributed by atoms with Gasteiger partial charge in [-0.2, -0.15) is 5.26 Å². The zero-order valence-electron chi connectivity index (χ0n) is 15.0. The summed E-state index contributed by atoms with van der Waals surface area (Å²) in [6.45, 7) is 5.32. The Labute approximate surface area is 145 Å². The van der Waals surface area contributed by atoms with Crippen molar-refractivity contribution in [3.63, 3.8) is 0 Å². The van der Waals surface area contributed by atoms with Gasteiger partial charge >= 0.3 is 0 Å². The monoisotopic (exact) mass is 334 g/mol. The number of likely N-dealkylation sites (N-methyl/N-ethyl adjacent to an activating group) is 1. The van der Waals surface area contributed by atoms with Gasteiger partial charge < -0.3 is 9.80 Å². The number of hydrogen-bond acceptors (Lipinski definition) is 4. The molecule has 0 aromatic rings. The van der Waals surface area contributed by atoms with Gasteiger partial charge in [0.05, 0.1) is 18.5 Å². The normalized spacial score (nSPS) is 21.1. The van der Waals surface area contributed by atoms with Gasteiger partial charge in [0, 0.05) is 45.7 Å². The Morgan fingerprint density at radius 3 is 2.38 bits per heavy atom. The average molecular weight is 334 g/mol. The third-order valence-corrected chi connectivity index (χ3v) is 5.42. The van der Waals surface area contributed by atoms with Gasteiger partial charge in [0.2, 0.25) is 11.8 Å². The molecule has 0 aromatic heterocycles. The number of carbonyl (C=O) groups excluding carboxylic acids is 2. The summed E-state index contributed by atoms with van der Waals surface area (Å²) in [5.41, 5.74) is 0. The number of nitrogens with zero attached hydrogens (tertiary/aromatic N) is 4. The van der Waals surface area contributed by atoms with E-state index in [4.69, 9.17) is 5.26 Å². The van der Waals surface area contributed by atoms with Gasteiger partial charge in [-0.15, -0.1) is 0 Å². The lowest BCUT2D eigenvalue weighted by atomic mass is 9.88. The summed E-state index contributed by atoms with van der Waals surface area (Å²) in [5, 5.41) is 8.64. The lowest BCUT2D eigenvalue weighted by Crippen LogP contribution is -2.56. The van der Waals surface area contributed by atoms with Gasteiger partial charge in [-0.3, -0.25) is 14.5 Å². The van der Waals surface area contributed by atoms with Crippen LogP contribution in [-0.2, 0) is 9.59 Å². The lowest BCUT2D eigenvalue weighted by molar-refractivity contribution is -0.140. The number of amides is 2. The van der Waals surface area contributed by atoms with E-state index < -0.39 is 0 Å². The fourth-order valence-corrected chi connectivity index (χ4v) is 3.74. The predicted molar refractivity (Wildman–Crippen MR) is 92.1 cm³/mol. The van der Waals surface area contributed by atoms with E-state index in [1.807, 2.05) is 11.8 Å². The SMILES string of the molecule is C[C@H](C(=O)N(C)CCC#N)N1CCN(C(=O)C2CCCCC2)CC1. The quantitative estimate of drug-likeness (QED) is 0.763. The first-order chi connectivity index (χ1) is 11.5. The van der Waals surface area contributed by atoms with E-state index in [0.29, 0.717) is 18.9 Å². The summed E-state index contributed by atoms with van der Waals surface area (Å²) in [5.74, 6) is 0.596. The molecule has 2 amide bonds. The van der Waals surface area contributed by atoms with Gasteiger partial charge in [-0.05, 0) is 19.8 Å². The molecule has 0 spiro atoms. The number of piperazine rings is 1. The van der Waals surface area contributed by atoms with Crippen LogP contribution in [0.1, 0.15) is 45.4 Å². The van der Waals surface area contributed by atoms with Gasteiger partial charge in [0.15, 0.2) is 0 Å². The average Bonchev–Trinajstić information content (AvgIpc) is 2.65. The van der Waals surface area contributed by atoms with Crippen molar-refractivity contribution in [2.75, 3.05) is 39.8 Å². The second kappa shape index (κ2) is 9.03. The molecule has 1 aliphatic heterocycles. The molecule has 6 heteroatoms. The minimum absolute atomic E-state index is 0.0531. The maximum atomic E-state index is 12.6. The first-order valence-corrected chi connectivity index (χ1v) is 9.19. The van der Waals surface area contributed by atoms with Crippen LogP contribution in [0.2, 0.25) is 0 Å². The van der Waals surface area contributed by atoms with Crippen molar-refractivity contribution in [1.29, 1.82) is 5.26 Å². The largest absolute Gasteiger partial charge is 0.343 e. The Morgan fingerprint density at radius 2 is 1.79 bits per heavy atom. The maximum absolute atomic E-state index is 12.6. The molecular formula is C18H30N4O2. The molecule has 134 valence electrons. The van der Waals surface area contributed by atoms with E-state index in [1.165, 1.54) is 19.3 Å². The highest BCUT2D eigenvalue weighted by atomic mass is 16.2. The molecule has 0 bridgehead atoms. The van der Waals surface area contributed by atoms with Crippen LogP contribution >= 0.6 is 0 Å². The van der Waals surface area contributed by atoms with Crippen molar-refractivity contribution in [1.82, 2.24) is 14.7 Å². The van der Waals surface area contributed by atoms with Crippen LogP contribution in [0.5, 0.6) is 0 Å². The predicted octanol–water partition coefficient (Wildman–Crippen LogP) is 1.47. The molecule has 2 rings (SSSR count). The summed E-state index contributed by atoms with van der Waals surface area (Å²) in [4.78, 5) is 30.8. The zero-order valence-corrected chi connectivity index (χ0v) is 15.0. The van der Waals surface area contributed by atoms with Gasteiger partial charge in [0.1, 0.15) is 0 Å². The first-order valence-electron chi connectivity index (χ1n) is 9.19. The molecule has 1 saturated carbocycles. The number of rotatable bonds is 5. The summed E-state index contributed by atoms with van der Waals surface area (Å²) >= 11 is 0. The standard InChI is InChI=1S/C18H30N4O2/c1-15(17(23)20(2)10-6-9-19)21-11-13-22(14-12-21)18(24)16-7-4-3-5-8-16/h15-16H,3-8,10-14H2,1-2H3/t15-/m1/s1. The van der Waals surface area contributed by atoms with E-state index in [0.717, 1.165) is 39.0 Å². The molecule has 24 heavy (non-hydrogen) atoms. The van der Waals surface area contributed by atoms with Crippen LogP contribution in [0.15, 0.2) is 0 Å². The number of carbonyl (C=O) groups is 2. The first kappa shape index (κ1) is 18.7. The molecule has 1 heterocycles. The summed E-state index contributed by atoms with van der Waals surface area (Å²) in [6.07, 6.45) is 6.05. The van der Waals surface area contributed by atoms with Gasteiger partial charge in [-0.25, -0.2) is 0 Å². The summed E-state index contributed by atoms with van der Waals surface area (Å²) in [6, 6.07) is 1.88. The zero-order chi connectivity index (χ0) is 17.5. The Morgan fingerprint density at radius 1 is 1.17 bits per heavy atom. The molecule has 1 saturated heterocycles. The highest BCUT2D eigenvalue weighted by molar-refractivity contribution is 5.81. The van der Waals surface area contributed by atoms with Crippen LogP contribution < -0.4 is 0 Å². The third kappa shape index (κ3) is 4.70. The van der Waals surface area contributed by atoms with Crippen molar-refractivity contribution in [2.45, 2.75) is 51.5 Å². The van der Waals surface area contributed by atoms with Gasteiger partial charge in [0.25, 0.3) is 0 Å². The topological polar surface area (TPSA) is 67.7 Å². The van der Waals surface area contributed by atoms with Crippen LogP contribution in [0.25, 0.3) is 0 Å². The van der Waals surface area contributed by atoms with Crippen LogP contribution in [0.4, 0.5) is 0 Å². The van der Waals surface area contributed by atoms with Crippen LogP contribution in [0.3, 0.4) is 0 Å². The fraction of sp³-hybridized carbons (Fsp3) is 0.833. The third-order valence-electron chi connectivity index (χ3n) is 5.42. The van der Waals surface area contributed by atoms with Crippen molar-refractivity contribution < 1.29 is 9.59 Å². The second-order valence-electron chi connectivity index (χ2n) is 7.04. The van der Waals surface area contributed by atoms with E-state index in [-0.39, 0.29) is 17.9 Å². The number of nitriles is 1. The highest BCUT2D eigenvalue weighted by Crippen LogP contribution is 2.26.